The molecule has 0 radical (unpaired) electrons. The van der Waals surface area contributed by atoms with E-state index in [-0.39, 0.29) is 6.10 Å². The predicted octanol–water partition coefficient (Wildman–Crippen LogP) is 2.13. The summed E-state index contributed by atoms with van der Waals surface area (Å²) in [6, 6.07) is 11.9. The zero-order chi connectivity index (χ0) is 13.9. The molecule has 4 nitrogen and oxygen atoms in total. The highest BCUT2D eigenvalue weighted by atomic mass is 16.5. The standard InChI is InChI=1S/C16H20N2O2/c1-18-8-9-19-12(10-18)11-20-16-7-6-15(17)13-4-2-3-5-14(13)16/h2-7,12H,8-11,17H2,1H3. The van der Waals surface area contributed by atoms with Gasteiger partial charge < -0.3 is 20.1 Å². The fraction of sp³-hybridized carbons (Fsp3) is 0.375. The second-order valence-corrected chi connectivity index (χ2v) is 5.26. The Hall–Kier alpha value is -1.78. The van der Waals surface area contributed by atoms with Gasteiger partial charge in [0.2, 0.25) is 0 Å². The van der Waals surface area contributed by atoms with Gasteiger partial charge in [-0.15, -0.1) is 0 Å². The van der Waals surface area contributed by atoms with Crippen LogP contribution in [0.2, 0.25) is 0 Å². The van der Waals surface area contributed by atoms with E-state index in [1.807, 2.05) is 36.4 Å². The highest BCUT2D eigenvalue weighted by Gasteiger charge is 2.18. The van der Waals surface area contributed by atoms with Crippen molar-refractivity contribution >= 4 is 16.5 Å². The highest BCUT2D eigenvalue weighted by Crippen LogP contribution is 2.30. The Kier molecular flexibility index (Phi) is 3.76. The molecule has 0 bridgehead atoms. The maximum absolute atomic E-state index is 6.00. The number of rotatable bonds is 3. The van der Waals surface area contributed by atoms with Crippen LogP contribution in [0.4, 0.5) is 5.69 Å². The van der Waals surface area contributed by atoms with Crippen molar-refractivity contribution < 1.29 is 9.47 Å². The van der Waals surface area contributed by atoms with E-state index in [1.54, 1.807) is 0 Å². The topological polar surface area (TPSA) is 47.7 Å². The van der Waals surface area contributed by atoms with Gasteiger partial charge in [-0.25, -0.2) is 0 Å². The number of ether oxygens (including phenoxy) is 2. The molecule has 20 heavy (non-hydrogen) atoms. The maximum Gasteiger partial charge on any atom is 0.127 e. The van der Waals surface area contributed by atoms with Crippen LogP contribution in [0.5, 0.6) is 5.75 Å². The summed E-state index contributed by atoms with van der Waals surface area (Å²) in [5.41, 5.74) is 6.77. The van der Waals surface area contributed by atoms with Gasteiger partial charge in [0.15, 0.2) is 0 Å². The summed E-state index contributed by atoms with van der Waals surface area (Å²) in [5.74, 6) is 0.867. The fourth-order valence-corrected chi connectivity index (χ4v) is 2.57. The van der Waals surface area contributed by atoms with Crippen LogP contribution in [0.15, 0.2) is 36.4 Å². The molecule has 2 aromatic rings. The van der Waals surface area contributed by atoms with E-state index in [1.165, 1.54) is 0 Å². The zero-order valence-electron chi connectivity index (χ0n) is 11.7. The third kappa shape index (κ3) is 2.71. The van der Waals surface area contributed by atoms with Crippen LogP contribution >= 0.6 is 0 Å². The first-order chi connectivity index (χ1) is 9.74. The number of nitrogens with two attached hydrogens (primary N) is 1. The monoisotopic (exact) mass is 272 g/mol. The second kappa shape index (κ2) is 5.69. The predicted molar refractivity (Wildman–Crippen MR) is 81.1 cm³/mol. The molecule has 0 saturated carbocycles. The molecule has 0 aliphatic carbocycles. The Morgan fingerprint density at radius 3 is 2.85 bits per heavy atom. The lowest BCUT2D eigenvalue weighted by atomic mass is 10.1. The van der Waals surface area contributed by atoms with Crippen LogP contribution < -0.4 is 10.5 Å². The molecular weight excluding hydrogens is 252 g/mol. The summed E-state index contributed by atoms with van der Waals surface area (Å²) in [6.07, 6.45) is 0.130. The minimum atomic E-state index is 0.130. The first kappa shape index (κ1) is 13.2. The normalized spacial score (nSPS) is 20.1. The van der Waals surface area contributed by atoms with Crippen LogP contribution in [0.1, 0.15) is 0 Å². The van der Waals surface area contributed by atoms with Crippen molar-refractivity contribution in [3.63, 3.8) is 0 Å². The Bertz CT molecular complexity index is 600. The first-order valence-electron chi connectivity index (χ1n) is 6.94. The number of nitrogen functional groups attached to an aromatic ring is 1. The van der Waals surface area contributed by atoms with Crippen LogP contribution in [0, 0.1) is 0 Å². The molecule has 0 aromatic heterocycles. The van der Waals surface area contributed by atoms with E-state index in [0.29, 0.717) is 6.61 Å². The molecule has 1 atom stereocenters. The molecule has 1 saturated heterocycles. The summed E-state index contributed by atoms with van der Waals surface area (Å²) in [5, 5.41) is 2.09. The Balaban J connectivity index is 1.76. The lowest BCUT2D eigenvalue weighted by molar-refractivity contribution is -0.0401. The van der Waals surface area contributed by atoms with E-state index in [0.717, 1.165) is 41.9 Å². The van der Waals surface area contributed by atoms with Crippen molar-refractivity contribution in [1.29, 1.82) is 0 Å². The minimum Gasteiger partial charge on any atom is -0.490 e. The molecule has 106 valence electrons. The van der Waals surface area contributed by atoms with E-state index in [2.05, 4.69) is 11.9 Å². The molecule has 3 rings (SSSR count). The van der Waals surface area contributed by atoms with Crippen LogP contribution in [-0.2, 0) is 4.74 Å². The summed E-state index contributed by atoms with van der Waals surface area (Å²) in [4.78, 5) is 2.26. The van der Waals surface area contributed by atoms with Gasteiger partial charge in [0.1, 0.15) is 18.5 Å². The number of anilines is 1. The first-order valence-corrected chi connectivity index (χ1v) is 6.94. The Morgan fingerprint density at radius 2 is 2.05 bits per heavy atom. The third-order valence-corrected chi connectivity index (χ3v) is 3.68. The molecule has 2 aromatic carbocycles. The molecule has 1 aliphatic rings. The molecule has 0 spiro atoms. The average Bonchev–Trinajstić information content (AvgIpc) is 2.47. The van der Waals surface area contributed by atoms with E-state index in [4.69, 9.17) is 15.2 Å². The van der Waals surface area contributed by atoms with Gasteiger partial charge >= 0.3 is 0 Å². The third-order valence-electron chi connectivity index (χ3n) is 3.68. The Morgan fingerprint density at radius 1 is 1.25 bits per heavy atom. The molecule has 1 fully saturated rings. The van der Waals surface area contributed by atoms with E-state index in [9.17, 15) is 0 Å². The lowest BCUT2D eigenvalue weighted by Gasteiger charge is -2.30. The molecule has 0 amide bonds. The van der Waals surface area contributed by atoms with Gasteiger partial charge in [0.05, 0.1) is 6.61 Å². The molecule has 4 heteroatoms. The SMILES string of the molecule is CN1CCOC(COc2ccc(N)c3ccccc23)C1. The van der Waals surface area contributed by atoms with Gasteiger partial charge in [0.25, 0.3) is 0 Å². The van der Waals surface area contributed by atoms with Crippen molar-refractivity contribution in [1.82, 2.24) is 4.90 Å². The van der Waals surface area contributed by atoms with Gasteiger partial charge in [-0.2, -0.15) is 0 Å². The quantitative estimate of drug-likeness (QED) is 0.870. The fourth-order valence-electron chi connectivity index (χ4n) is 2.57. The van der Waals surface area contributed by atoms with Gasteiger partial charge in [-0.3, -0.25) is 0 Å². The number of morpholine rings is 1. The van der Waals surface area contributed by atoms with Crippen LogP contribution in [0.3, 0.4) is 0 Å². The summed E-state index contributed by atoms with van der Waals surface area (Å²) in [7, 11) is 2.11. The van der Waals surface area contributed by atoms with E-state index >= 15 is 0 Å². The molecule has 2 N–H and O–H groups in total. The molecule has 1 aliphatic heterocycles. The van der Waals surface area contributed by atoms with Crippen molar-refractivity contribution in [2.75, 3.05) is 39.1 Å². The van der Waals surface area contributed by atoms with Crippen molar-refractivity contribution in [2.45, 2.75) is 6.10 Å². The smallest absolute Gasteiger partial charge is 0.127 e. The van der Waals surface area contributed by atoms with Crippen LogP contribution in [0.25, 0.3) is 10.8 Å². The van der Waals surface area contributed by atoms with Crippen LogP contribution in [-0.4, -0.2) is 44.4 Å². The number of benzene rings is 2. The molecule has 1 heterocycles. The maximum atomic E-state index is 6.00. The molecule has 1 unspecified atom stereocenters. The Labute approximate surface area is 119 Å². The number of fused-ring (bicyclic) bond motifs is 1. The van der Waals surface area contributed by atoms with Gasteiger partial charge in [-0.1, -0.05) is 24.3 Å². The van der Waals surface area contributed by atoms with E-state index < -0.39 is 0 Å². The zero-order valence-corrected chi connectivity index (χ0v) is 11.7. The van der Waals surface area contributed by atoms with Gasteiger partial charge in [-0.05, 0) is 19.2 Å². The summed E-state index contributed by atoms with van der Waals surface area (Å²) >= 11 is 0. The molecular formula is C16H20N2O2. The summed E-state index contributed by atoms with van der Waals surface area (Å²) < 4.78 is 11.7. The number of hydrogen-bond acceptors (Lipinski definition) is 4. The largest absolute Gasteiger partial charge is 0.490 e. The minimum absolute atomic E-state index is 0.130. The van der Waals surface area contributed by atoms with Crippen molar-refractivity contribution in [2.24, 2.45) is 0 Å². The second-order valence-electron chi connectivity index (χ2n) is 5.26. The number of hydrogen-bond donors (Lipinski definition) is 1. The highest BCUT2D eigenvalue weighted by molar-refractivity contribution is 5.96. The number of likely N-dealkylation sites (N-methyl/N-ethyl adjacent to an activating group) is 1. The van der Waals surface area contributed by atoms with Crippen molar-refractivity contribution in [3.8, 4) is 5.75 Å². The lowest BCUT2D eigenvalue weighted by Crippen LogP contribution is -2.42. The average molecular weight is 272 g/mol. The van der Waals surface area contributed by atoms with Gasteiger partial charge in [0, 0.05) is 29.5 Å². The van der Waals surface area contributed by atoms with Crippen molar-refractivity contribution in [3.05, 3.63) is 36.4 Å². The number of nitrogens with zero attached hydrogens (tertiary/aromatic N) is 1. The summed E-state index contributed by atoms with van der Waals surface area (Å²) in [6.45, 7) is 3.24.